The average molecular weight is 235 g/mol. The quantitative estimate of drug-likeness (QED) is 0.599. The highest BCUT2D eigenvalue weighted by Crippen LogP contribution is 2.30. The van der Waals surface area contributed by atoms with Crippen LogP contribution in [0.3, 0.4) is 0 Å². The molecule has 3 rings (SSSR count). The van der Waals surface area contributed by atoms with Gasteiger partial charge in [-0.25, -0.2) is 9.97 Å². The van der Waals surface area contributed by atoms with Gasteiger partial charge in [0.1, 0.15) is 5.82 Å². The Morgan fingerprint density at radius 3 is 3.06 bits per heavy atom. The molecule has 0 saturated heterocycles. The molecule has 0 bridgehead atoms. The number of aromatic amines is 1. The smallest absolute Gasteiger partial charge is 0.191 e. The molecule has 0 fully saturated rings. The second-order valence-corrected chi connectivity index (χ2v) is 4.73. The third-order valence-electron chi connectivity index (χ3n) is 2.91. The second-order valence-electron chi connectivity index (χ2n) is 3.96. The van der Waals surface area contributed by atoms with Crippen molar-refractivity contribution in [2.75, 3.05) is 24.7 Å². The number of hydrogen-bond donors (Lipinski definition) is 1. The Kier molecular flexibility index (Phi) is 2.24. The molecule has 84 valence electrons. The number of nitrogens with zero attached hydrogens (tertiary/aromatic N) is 4. The van der Waals surface area contributed by atoms with Gasteiger partial charge in [-0.3, -0.25) is 5.10 Å². The molecule has 0 spiro atoms. The lowest BCUT2D eigenvalue weighted by molar-refractivity contribution is 0.770. The Labute approximate surface area is 97.7 Å². The highest BCUT2D eigenvalue weighted by molar-refractivity contribution is 7.98. The molecule has 0 aliphatic carbocycles. The van der Waals surface area contributed by atoms with Gasteiger partial charge < -0.3 is 4.90 Å². The molecule has 5 nitrogen and oxygen atoms in total. The molecule has 0 aromatic carbocycles. The molecule has 2 aromatic rings. The summed E-state index contributed by atoms with van der Waals surface area (Å²) in [4.78, 5) is 11.2. The number of H-pyrrole nitrogens is 1. The topological polar surface area (TPSA) is 57.7 Å². The van der Waals surface area contributed by atoms with Crippen LogP contribution >= 0.6 is 11.8 Å². The SMILES string of the molecule is CSc1nc2c3c([nH]nc3n1)CCCN2C. The van der Waals surface area contributed by atoms with Crippen molar-refractivity contribution in [3.05, 3.63) is 5.69 Å². The highest BCUT2D eigenvalue weighted by atomic mass is 32.2. The van der Waals surface area contributed by atoms with Crippen molar-refractivity contribution >= 4 is 28.6 Å². The third kappa shape index (κ3) is 1.36. The van der Waals surface area contributed by atoms with Crippen molar-refractivity contribution in [1.29, 1.82) is 0 Å². The summed E-state index contributed by atoms with van der Waals surface area (Å²) < 4.78 is 0. The van der Waals surface area contributed by atoms with E-state index in [1.165, 1.54) is 5.69 Å². The lowest BCUT2D eigenvalue weighted by Crippen LogP contribution is -2.19. The van der Waals surface area contributed by atoms with E-state index in [1.54, 1.807) is 11.8 Å². The zero-order valence-corrected chi connectivity index (χ0v) is 10.1. The summed E-state index contributed by atoms with van der Waals surface area (Å²) in [6.45, 7) is 1.03. The van der Waals surface area contributed by atoms with Crippen molar-refractivity contribution < 1.29 is 0 Å². The molecule has 0 amide bonds. The molecule has 2 aromatic heterocycles. The first-order chi connectivity index (χ1) is 7.79. The van der Waals surface area contributed by atoms with Gasteiger partial charge in [0.05, 0.1) is 5.39 Å². The Bertz CT molecular complexity index is 535. The van der Waals surface area contributed by atoms with Gasteiger partial charge in [0.25, 0.3) is 0 Å². The maximum absolute atomic E-state index is 4.58. The Morgan fingerprint density at radius 1 is 1.38 bits per heavy atom. The predicted octanol–water partition coefficient (Wildman–Crippen LogP) is 1.46. The average Bonchev–Trinajstić information content (AvgIpc) is 2.63. The van der Waals surface area contributed by atoms with E-state index in [-0.39, 0.29) is 0 Å². The summed E-state index contributed by atoms with van der Waals surface area (Å²) in [7, 11) is 2.08. The Hall–Kier alpha value is -1.30. The fourth-order valence-electron chi connectivity index (χ4n) is 2.09. The van der Waals surface area contributed by atoms with Gasteiger partial charge in [-0.05, 0) is 19.1 Å². The fourth-order valence-corrected chi connectivity index (χ4v) is 2.45. The van der Waals surface area contributed by atoms with Gasteiger partial charge in [-0.15, -0.1) is 0 Å². The second kappa shape index (κ2) is 3.62. The van der Waals surface area contributed by atoms with Crippen LogP contribution in [-0.4, -0.2) is 40.0 Å². The van der Waals surface area contributed by atoms with E-state index in [1.807, 2.05) is 6.26 Å². The summed E-state index contributed by atoms with van der Waals surface area (Å²) in [5.74, 6) is 1.01. The third-order valence-corrected chi connectivity index (χ3v) is 3.46. The number of aromatic nitrogens is 4. The number of aryl methyl sites for hydroxylation is 1. The Morgan fingerprint density at radius 2 is 2.25 bits per heavy atom. The number of hydrogen-bond acceptors (Lipinski definition) is 5. The summed E-state index contributed by atoms with van der Waals surface area (Å²) in [6, 6.07) is 0. The first kappa shape index (κ1) is 9.89. The van der Waals surface area contributed by atoms with Crippen molar-refractivity contribution in [1.82, 2.24) is 20.2 Å². The predicted molar refractivity (Wildman–Crippen MR) is 65.1 cm³/mol. The van der Waals surface area contributed by atoms with E-state index in [0.29, 0.717) is 0 Å². The summed E-state index contributed by atoms with van der Waals surface area (Å²) in [6.07, 6.45) is 4.13. The summed E-state index contributed by atoms with van der Waals surface area (Å²) in [5.41, 5.74) is 1.96. The molecule has 6 heteroatoms. The van der Waals surface area contributed by atoms with Gasteiger partial charge in [0.2, 0.25) is 0 Å². The van der Waals surface area contributed by atoms with E-state index in [4.69, 9.17) is 0 Å². The van der Waals surface area contributed by atoms with Crippen LogP contribution in [0.25, 0.3) is 11.0 Å². The fraction of sp³-hybridized carbons (Fsp3) is 0.500. The standard InChI is InChI=1S/C10H13N5S/c1-15-5-3-4-6-7-8(14-13-6)11-10(16-2)12-9(7)15/h3-5H2,1-2H3,(H,11,12,13,14). The van der Waals surface area contributed by atoms with E-state index in [2.05, 4.69) is 32.1 Å². The van der Waals surface area contributed by atoms with Crippen LogP contribution in [0.2, 0.25) is 0 Å². The van der Waals surface area contributed by atoms with Crippen LogP contribution in [0.1, 0.15) is 12.1 Å². The van der Waals surface area contributed by atoms with Crippen LogP contribution in [-0.2, 0) is 6.42 Å². The normalized spacial score (nSPS) is 15.5. The molecule has 1 aliphatic heterocycles. The highest BCUT2D eigenvalue weighted by Gasteiger charge is 2.20. The van der Waals surface area contributed by atoms with Crippen molar-refractivity contribution in [3.8, 4) is 0 Å². The lowest BCUT2D eigenvalue weighted by atomic mass is 10.2. The van der Waals surface area contributed by atoms with Gasteiger partial charge in [0, 0.05) is 19.3 Å². The zero-order chi connectivity index (χ0) is 11.1. The molecule has 0 saturated carbocycles. The minimum Gasteiger partial charge on any atom is -0.359 e. The van der Waals surface area contributed by atoms with Gasteiger partial charge in [-0.1, -0.05) is 11.8 Å². The van der Waals surface area contributed by atoms with Crippen LogP contribution in [0.5, 0.6) is 0 Å². The minimum atomic E-state index is 0.786. The maximum atomic E-state index is 4.58. The zero-order valence-electron chi connectivity index (χ0n) is 9.32. The van der Waals surface area contributed by atoms with Gasteiger partial charge in [0.15, 0.2) is 10.8 Å². The van der Waals surface area contributed by atoms with E-state index < -0.39 is 0 Å². The molecule has 0 unspecified atom stereocenters. The molecular formula is C10H13N5S. The van der Waals surface area contributed by atoms with E-state index >= 15 is 0 Å². The molecule has 16 heavy (non-hydrogen) atoms. The first-order valence-electron chi connectivity index (χ1n) is 5.29. The van der Waals surface area contributed by atoms with Crippen LogP contribution in [0, 0.1) is 0 Å². The van der Waals surface area contributed by atoms with Crippen LogP contribution in [0.15, 0.2) is 5.16 Å². The van der Waals surface area contributed by atoms with E-state index in [9.17, 15) is 0 Å². The lowest BCUT2D eigenvalue weighted by Gasteiger charge is -2.16. The van der Waals surface area contributed by atoms with Crippen LogP contribution < -0.4 is 4.90 Å². The van der Waals surface area contributed by atoms with Gasteiger partial charge in [-0.2, -0.15) is 5.10 Å². The van der Waals surface area contributed by atoms with Gasteiger partial charge >= 0.3 is 0 Å². The number of thioether (sulfide) groups is 1. The Balaban J connectivity index is 2.33. The maximum Gasteiger partial charge on any atom is 0.191 e. The molecule has 3 heterocycles. The monoisotopic (exact) mass is 235 g/mol. The molecule has 1 aliphatic rings. The van der Waals surface area contributed by atoms with Crippen molar-refractivity contribution in [2.24, 2.45) is 0 Å². The largest absolute Gasteiger partial charge is 0.359 e. The number of anilines is 1. The number of rotatable bonds is 1. The van der Waals surface area contributed by atoms with E-state index in [0.717, 1.165) is 41.4 Å². The van der Waals surface area contributed by atoms with Crippen molar-refractivity contribution in [3.63, 3.8) is 0 Å². The number of nitrogens with one attached hydrogen (secondary N) is 1. The van der Waals surface area contributed by atoms with Crippen LogP contribution in [0.4, 0.5) is 5.82 Å². The molecule has 1 N–H and O–H groups in total. The summed E-state index contributed by atoms with van der Waals surface area (Å²) in [5, 5.41) is 9.22. The molecule has 0 radical (unpaired) electrons. The minimum absolute atomic E-state index is 0.786. The summed E-state index contributed by atoms with van der Waals surface area (Å²) >= 11 is 1.55. The molecular weight excluding hydrogens is 222 g/mol. The van der Waals surface area contributed by atoms with Crippen molar-refractivity contribution in [2.45, 2.75) is 18.0 Å². The first-order valence-corrected chi connectivity index (χ1v) is 6.52. The molecule has 0 atom stereocenters.